The summed E-state index contributed by atoms with van der Waals surface area (Å²) in [6, 6.07) is 14.4. The second-order valence-corrected chi connectivity index (χ2v) is 11.1. The van der Waals surface area contributed by atoms with E-state index in [4.69, 9.17) is 16.3 Å². The lowest BCUT2D eigenvalue weighted by molar-refractivity contribution is 0.0359. The van der Waals surface area contributed by atoms with Crippen LogP contribution in [-0.4, -0.2) is 34.0 Å². The molecule has 2 aromatic carbocycles. The summed E-state index contributed by atoms with van der Waals surface area (Å²) in [6.45, 7) is 2.04. The van der Waals surface area contributed by atoms with E-state index in [0.717, 1.165) is 52.7 Å². The molecule has 7 heteroatoms. The Bertz CT molecular complexity index is 1070. The summed E-state index contributed by atoms with van der Waals surface area (Å²) in [6.07, 6.45) is 5.72. The van der Waals surface area contributed by atoms with E-state index in [1.54, 1.807) is 23.1 Å². The van der Waals surface area contributed by atoms with Gasteiger partial charge in [-0.1, -0.05) is 41.6 Å². The number of nitrogens with zero attached hydrogens (tertiary/aromatic N) is 2. The Kier molecular flexibility index (Phi) is 6.44. The molecular formula is C25H25ClN2O2S2. The third-order valence-electron chi connectivity index (χ3n) is 6.28. The fourth-order valence-electron chi connectivity index (χ4n) is 4.75. The molecule has 0 saturated carbocycles. The minimum atomic E-state index is 0.0983. The Morgan fingerprint density at radius 1 is 1.19 bits per heavy atom. The molecule has 0 radical (unpaired) electrons. The molecule has 2 unspecified atom stereocenters. The number of ether oxygens (including phenoxy) is 1. The highest BCUT2D eigenvalue weighted by atomic mass is 35.5. The highest BCUT2D eigenvalue weighted by Gasteiger charge is 2.44. The first-order valence-electron chi connectivity index (χ1n) is 10.9. The average molecular weight is 485 g/mol. The topological polar surface area (TPSA) is 42.4 Å². The third-order valence-corrected chi connectivity index (χ3v) is 8.63. The Morgan fingerprint density at radius 3 is 2.62 bits per heavy atom. The van der Waals surface area contributed by atoms with Crippen molar-refractivity contribution in [2.45, 2.75) is 60.9 Å². The molecular weight excluding hydrogens is 460 g/mol. The van der Waals surface area contributed by atoms with E-state index in [9.17, 15) is 4.79 Å². The van der Waals surface area contributed by atoms with Crippen LogP contribution in [0.3, 0.4) is 0 Å². The zero-order valence-corrected chi connectivity index (χ0v) is 20.3. The number of hydrogen-bond acceptors (Lipinski definition) is 5. The monoisotopic (exact) mass is 484 g/mol. The highest BCUT2D eigenvalue weighted by Crippen LogP contribution is 2.39. The van der Waals surface area contributed by atoms with Gasteiger partial charge in [0, 0.05) is 47.8 Å². The molecule has 3 heterocycles. The third kappa shape index (κ3) is 4.68. The van der Waals surface area contributed by atoms with Crippen LogP contribution in [0.5, 0.6) is 5.75 Å². The Hall–Kier alpha value is -2.02. The molecule has 2 fully saturated rings. The van der Waals surface area contributed by atoms with Gasteiger partial charge < -0.3 is 9.64 Å². The van der Waals surface area contributed by atoms with Gasteiger partial charge in [0.1, 0.15) is 16.2 Å². The smallest absolute Gasteiger partial charge is 0.254 e. The number of thiazole rings is 1. The molecule has 1 aromatic heterocycles. The first-order valence-corrected chi connectivity index (χ1v) is 13.2. The summed E-state index contributed by atoms with van der Waals surface area (Å²) in [7, 11) is 0. The van der Waals surface area contributed by atoms with Crippen molar-refractivity contribution in [2.75, 3.05) is 0 Å². The van der Waals surface area contributed by atoms with Crippen LogP contribution in [0, 0.1) is 6.92 Å². The van der Waals surface area contributed by atoms with Crippen LogP contribution in [0.2, 0.25) is 5.02 Å². The number of amides is 1. The van der Waals surface area contributed by atoms with Crippen molar-refractivity contribution in [1.82, 2.24) is 9.88 Å². The van der Waals surface area contributed by atoms with Gasteiger partial charge in [-0.05, 0) is 55.2 Å². The van der Waals surface area contributed by atoms with Crippen molar-refractivity contribution in [3.63, 3.8) is 0 Å². The molecule has 2 saturated heterocycles. The summed E-state index contributed by atoms with van der Waals surface area (Å²) in [5.41, 5.74) is 3.10. The van der Waals surface area contributed by atoms with Crippen LogP contribution >= 0.6 is 34.7 Å². The van der Waals surface area contributed by atoms with Crippen molar-refractivity contribution >= 4 is 40.6 Å². The van der Waals surface area contributed by atoms with E-state index >= 15 is 0 Å². The van der Waals surface area contributed by atoms with Gasteiger partial charge in [-0.15, -0.1) is 11.3 Å². The fourth-order valence-corrected chi connectivity index (χ4v) is 6.51. The van der Waals surface area contributed by atoms with E-state index < -0.39 is 0 Å². The van der Waals surface area contributed by atoms with Gasteiger partial charge in [0.05, 0.1) is 5.02 Å². The van der Waals surface area contributed by atoms with Crippen LogP contribution < -0.4 is 4.74 Å². The van der Waals surface area contributed by atoms with Crippen molar-refractivity contribution in [3.8, 4) is 5.75 Å². The maximum absolute atomic E-state index is 13.3. The van der Waals surface area contributed by atoms with Crippen LogP contribution in [0.1, 0.15) is 47.2 Å². The number of rotatable bonds is 6. The normalized spacial score (nSPS) is 22.2. The number of aryl methyl sites for hydroxylation is 1. The number of carbonyl (C=O) groups excluding carboxylic acids is 1. The summed E-state index contributed by atoms with van der Waals surface area (Å²) in [5, 5.41) is 2.64. The molecule has 32 heavy (non-hydrogen) atoms. The van der Waals surface area contributed by atoms with Gasteiger partial charge in [0.25, 0.3) is 5.91 Å². The molecule has 2 atom stereocenters. The summed E-state index contributed by atoms with van der Waals surface area (Å²) >= 11 is 9.71. The maximum atomic E-state index is 13.3. The van der Waals surface area contributed by atoms with E-state index in [0.29, 0.717) is 5.02 Å². The van der Waals surface area contributed by atoms with Crippen molar-refractivity contribution in [2.24, 2.45) is 0 Å². The zero-order chi connectivity index (χ0) is 22.1. The van der Waals surface area contributed by atoms with E-state index in [1.165, 1.54) is 5.56 Å². The van der Waals surface area contributed by atoms with Gasteiger partial charge >= 0.3 is 0 Å². The Balaban J connectivity index is 1.22. The molecule has 166 valence electrons. The first-order chi connectivity index (χ1) is 15.6. The maximum Gasteiger partial charge on any atom is 0.254 e. The zero-order valence-electron chi connectivity index (χ0n) is 17.9. The molecule has 0 N–H and O–H groups in total. The summed E-state index contributed by atoms with van der Waals surface area (Å²) < 4.78 is 7.35. The lowest BCUT2D eigenvalue weighted by Crippen LogP contribution is -2.49. The molecule has 2 aliphatic heterocycles. The number of carbonyl (C=O) groups is 1. The number of piperidine rings is 1. The van der Waals surface area contributed by atoms with E-state index in [-0.39, 0.29) is 24.1 Å². The van der Waals surface area contributed by atoms with Crippen LogP contribution in [-0.2, 0) is 5.75 Å². The summed E-state index contributed by atoms with van der Waals surface area (Å²) in [5.74, 6) is 1.75. The van der Waals surface area contributed by atoms with Gasteiger partial charge in [-0.2, -0.15) is 0 Å². The number of fused-ring (bicyclic) bond motifs is 2. The lowest BCUT2D eigenvalue weighted by Gasteiger charge is -2.39. The number of aromatic nitrogens is 1. The Morgan fingerprint density at radius 2 is 1.94 bits per heavy atom. The first kappa shape index (κ1) is 21.8. The largest absolute Gasteiger partial charge is 0.489 e. The predicted octanol–water partition coefficient (Wildman–Crippen LogP) is 6.61. The molecule has 0 spiro atoms. The molecule has 5 rings (SSSR count). The summed E-state index contributed by atoms with van der Waals surface area (Å²) in [4.78, 5) is 19.7. The van der Waals surface area contributed by atoms with Crippen LogP contribution in [0.25, 0.3) is 0 Å². The van der Waals surface area contributed by atoms with Crippen molar-refractivity contribution in [1.29, 1.82) is 0 Å². The van der Waals surface area contributed by atoms with Crippen LogP contribution in [0.15, 0.2) is 58.4 Å². The quantitative estimate of drug-likeness (QED) is 0.369. The highest BCUT2D eigenvalue weighted by molar-refractivity contribution is 8.00. The Labute approximate surface area is 202 Å². The average Bonchev–Trinajstić information content (AvgIpc) is 3.41. The minimum Gasteiger partial charge on any atom is -0.489 e. The van der Waals surface area contributed by atoms with Gasteiger partial charge in [0.2, 0.25) is 0 Å². The molecule has 4 nitrogen and oxygen atoms in total. The van der Waals surface area contributed by atoms with Crippen molar-refractivity contribution < 1.29 is 9.53 Å². The molecule has 0 aliphatic carbocycles. The second-order valence-electron chi connectivity index (χ2n) is 8.53. The van der Waals surface area contributed by atoms with Gasteiger partial charge in [-0.3, -0.25) is 4.79 Å². The molecule has 3 aromatic rings. The number of benzene rings is 2. The molecule has 2 aliphatic rings. The lowest BCUT2D eigenvalue weighted by atomic mass is 9.98. The molecule has 1 amide bonds. The number of thioether (sulfide) groups is 1. The fraction of sp³-hybridized carbons (Fsp3) is 0.360. The van der Waals surface area contributed by atoms with Crippen molar-refractivity contribution in [3.05, 3.63) is 75.8 Å². The van der Waals surface area contributed by atoms with Crippen LogP contribution in [0.4, 0.5) is 0 Å². The number of halogens is 1. The minimum absolute atomic E-state index is 0.0983. The van der Waals surface area contributed by atoms with E-state index in [1.807, 2.05) is 48.8 Å². The van der Waals surface area contributed by atoms with Gasteiger partial charge in [0.15, 0.2) is 0 Å². The molecule has 2 bridgehead atoms. The van der Waals surface area contributed by atoms with E-state index in [2.05, 4.69) is 22.0 Å². The predicted molar refractivity (Wildman–Crippen MR) is 131 cm³/mol. The number of hydrogen-bond donors (Lipinski definition) is 0. The van der Waals surface area contributed by atoms with Gasteiger partial charge in [-0.25, -0.2) is 4.98 Å². The standard InChI is InChI=1S/C25H25ClN2O2S2/c1-16-2-9-22(26)23(12-16)30-21-13-19-7-8-20(14-21)28(19)24(29)18-5-3-17(4-6-18)15-32-25-27-10-11-31-25/h2-6,9-12,19-21H,7-8,13-15H2,1H3. The SMILES string of the molecule is Cc1ccc(Cl)c(OC2CC3CCC(C2)N3C(=O)c2ccc(CSc3nccs3)cc2)c1. The second kappa shape index (κ2) is 9.46.